The highest BCUT2D eigenvalue weighted by Crippen LogP contribution is 2.33. The van der Waals surface area contributed by atoms with E-state index in [0.29, 0.717) is 37.1 Å². The minimum Gasteiger partial charge on any atom is -0.492 e. The Morgan fingerprint density at radius 2 is 1.93 bits per heavy atom. The molecule has 29 heavy (non-hydrogen) atoms. The summed E-state index contributed by atoms with van der Waals surface area (Å²) in [6, 6.07) is 15.2. The van der Waals surface area contributed by atoms with E-state index in [1.165, 1.54) is 0 Å². The Balaban J connectivity index is 1.54. The normalized spacial score (nSPS) is 16.4. The van der Waals surface area contributed by atoms with Gasteiger partial charge in [0.25, 0.3) is 0 Å². The number of aromatic nitrogens is 2. The Morgan fingerprint density at radius 1 is 1.17 bits per heavy atom. The number of para-hydroxylation sites is 4. The molecule has 1 aromatic heterocycles. The van der Waals surface area contributed by atoms with E-state index in [9.17, 15) is 9.59 Å². The summed E-state index contributed by atoms with van der Waals surface area (Å²) in [7, 11) is 0. The summed E-state index contributed by atoms with van der Waals surface area (Å²) in [6.07, 6.45) is 0.165. The molecule has 7 heteroatoms. The molecular formula is C22H24N4O3. The highest BCUT2D eigenvalue weighted by Gasteiger charge is 2.36. The average molecular weight is 392 g/mol. The molecule has 1 saturated heterocycles. The van der Waals surface area contributed by atoms with Gasteiger partial charge in [-0.15, -0.1) is 0 Å². The number of aryl methyl sites for hydroxylation is 1. The third kappa shape index (κ3) is 3.55. The number of nitrogens with zero attached hydrogens (tertiary/aromatic N) is 3. The lowest BCUT2D eigenvalue weighted by molar-refractivity contribution is -0.122. The highest BCUT2D eigenvalue weighted by atomic mass is 16.5. The van der Waals surface area contributed by atoms with Crippen LogP contribution in [0.2, 0.25) is 0 Å². The molecule has 0 aliphatic carbocycles. The van der Waals surface area contributed by atoms with Crippen LogP contribution < -0.4 is 15.0 Å². The third-order valence-corrected chi connectivity index (χ3v) is 5.16. The third-order valence-electron chi connectivity index (χ3n) is 5.16. The summed E-state index contributed by atoms with van der Waals surface area (Å²) in [5, 5.41) is 2.93. The number of carbonyl (C=O) groups is 2. The summed E-state index contributed by atoms with van der Waals surface area (Å²) < 4.78 is 7.61. The van der Waals surface area contributed by atoms with Crippen LogP contribution in [-0.4, -0.2) is 34.5 Å². The number of amides is 2. The molecule has 1 aliphatic heterocycles. The van der Waals surface area contributed by atoms with Crippen LogP contribution in [0.5, 0.6) is 5.75 Å². The molecule has 1 N–H and O–H groups in total. The predicted octanol–water partition coefficient (Wildman–Crippen LogP) is 3.45. The average Bonchev–Trinajstić information content (AvgIpc) is 3.28. The predicted molar refractivity (Wildman–Crippen MR) is 112 cm³/mol. The Bertz CT molecular complexity index is 1060. The van der Waals surface area contributed by atoms with E-state index in [0.717, 1.165) is 11.0 Å². The lowest BCUT2D eigenvalue weighted by Gasteiger charge is -2.20. The lowest BCUT2D eigenvalue weighted by atomic mass is 10.1. The van der Waals surface area contributed by atoms with Gasteiger partial charge in [0, 0.05) is 19.5 Å². The van der Waals surface area contributed by atoms with Crippen LogP contribution >= 0.6 is 0 Å². The molecular weight excluding hydrogens is 368 g/mol. The van der Waals surface area contributed by atoms with Crippen molar-refractivity contribution in [2.24, 2.45) is 5.92 Å². The second-order valence-electron chi connectivity index (χ2n) is 6.96. The number of imidazole rings is 1. The zero-order valence-electron chi connectivity index (χ0n) is 16.6. The zero-order chi connectivity index (χ0) is 20.4. The van der Waals surface area contributed by atoms with Crippen LogP contribution in [0.4, 0.5) is 11.6 Å². The summed E-state index contributed by atoms with van der Waals surface area (Å²) in [5.41, 5.74) is 2.51. The molecule has 1 atom stereocenters. The van der Waals surface area contributed by atoms with Crippen LogP contribution in [-0.2, 0) is 16.1 Å². The Kier molecular flexibility index (Phi) is 5.20. The van der Waals surface area contributed by atoms with E-state index in [1.807, 2.05) is 66.9 Å². The number of nitrogens with one attached hydrogen (secondary N) is 1. The first kappa shape index (κ1) is 19.0. The number of ether oxygens (including phenoxy) is 1. The Morgan fingerprint density at radius 3 is 2.72 bits per heavy atom. The Labute approximate surface area is 169 Å². The van der Waals surface area contributed by atoms with Crippen LogP contribution in [0.1, 0.15) is 20.3 Å². The van der Waals surface area contributed by atoms with Crippen molar-refractivity contribution >= 4 is 34.5 Å². The van der Waals surface area contributed by atoms with Gasteiger partial charge in [-0.25, -0.2) is 4.98 Å². The molecule has 2 aromatic carbocycles. The number of fused-ring (bicyclic) bond motifs is 1. The van der Waals surface area contributed by atoms with Crippen molar-refractivity contribution in [1.82, 2.24) is 9.55 Å². The molecule has 3 aromatic rings. The largest absolute Gasteiger partial charge is 0.492 e. The smallest absolute Gasteiger partial charge is 0.232 e. The van der Waals surface area contributed by atoms with Gasteiger partial charge in [0.15, 0.2) is 0 Å². The zero-order valence-corrected chi connectivity index (χ0v) is 16.6. The van der Waals surface area contributed by atoms with E-state index in [4.69, 9.17) is 4.74 Å². The molecule has 2 amide bonds. The monoisotopic (exact) mass is 392 g/mol. The maximum Gasteiger partial charge on any atom is 0.232 e. The summed E-state index contributed by atoms with van der Waals surface area (Å²) >= 11 is 0. The Hall–Kier alpha value is -3.35. The molecule has 0 saturated carbocycles. The minimum atomic E-state index is -0.442. The number of benzene rings is 2. The lowest BCUT2D eigenvalue weighted by Crippen LogP contribution is -2.29. The van der Waals surface area contributed by atoms with Gasteiger partial charge in [0.2, 0.25) is 17.8 Å². The number of anilines is 2. The first-order valence-electron chi connectivity index (χ1n) is 9.90. The molecule has 150 valence electrons. The molecule has 7 nitrogen and oxygen atoms in total. The fraction of sp³-hybridized carbons (Fsp3) is 0.318. The van der Waals surface area contributed by atoms with E-state index in [-0.39, 0.29) is 18.2 Å². The SMILES string of the molecule is CCOc1ccccc1N1CC(C(=O)Nc2nc3ccccc3n2CC)CC1=O. The van der Waals surface area contributed by atoms with Crippen LogP contribution in [0.15, 0.2) is 48.5 Å². The van der Waals surface area contributed by atoms with E-state index >= 15 is 0 Å². The molecule has 2 heterocycles. The van der Waals surface area contributed by atoms with Gasteiger partial charge >= 0.3 is 0 Å². The van der Waals surface area contributed by atoms with Crippen molar-refractivity contribution in [3.63, 3.8) is 0 Å². The standard InChI is InChI=1S/C22H24N4O3/c1-3-25-17-10-6-5-9-16(17)23-22(25)24-21(28)15-13-20(27)26(14-15)18-11-7-8-12-19(18)29-4-2/h5-12,15H,3-4,13-14H2,1-2H3,(H,23,24,28). The van der Waals surface area contributed by atoms with Crippen LogP contribution in [0.3, 0.4) is 0 Å². The summed E-state index contributed by atoms with van der Waals surface area (Å²) in [5.74, 6) is 0.444. The van der Waals surface area contributed by atoms with Gasteiger partial charge in [0.05, 0.1) is 29.2 Å². The van der Waals surface area contributed by atoms with Crippen molar-refractivity contribution in [3.8, 4) is 5.75 Å². The van der Waals surface area contributed by atoms with E-state index in [2.05, 4.69) is 10.3 Å². The first-order valence-corrected chi connectivity index (χ1v) is 9.90. The molecule has 1 aliphatic rings. The first-order chi connectivity index (χ1) is 14.1. The number of hydrogen-bond acceptors (Lipinski definition) is 4. The molecule has 0 spiro atoms. The second kappa shape index (κ2) is 7.95. The van der Waals surface area contributed by atoms with Crippen molar-refractivity contribution < 1.29 is 14.3 Å². The molecule has 1 unspecified atom stereocenters. The van der Waals surface area contributed by atoms with Gasteiger partial charge in [-0.1, -0.05) is 24.3 Å². The van der Waals surface area contributed by atoms with Gasteiger partial charge < -0.3 is 14.2 Å². The topological polar surface area (TPSA) is 76.5 Å². The second-order valence-corrected chi connectivity index (χ2v) is 6.96. The van der Waals surface area contributed by atoms with Gasteiger partial charge in [-0.05, 0) is 38.1 Å². The van der Waals surface area contributed by atoms with Crippen molar-refractivity contribution in [2.45, 2.75) is 26.8 Å². The molecule has 0 bridgehead atoms. The molecule has 1 fully saturated rings. The summed E-state index contributed by atoms with van der Waals surface area (Å²) in [6.45, 7) is 5.43. The van der Waals surface area contributed by atoms with Gasteiger partial charge in [-0.3, -0.25) is 14.9 Å². The highest BCUT2D eigenvalue weighted by molar-refractivity contribution is 6.04. The van der Waals surface area contributed by atoms with E-state index < -0.39 is 5.92 Å². The van der Waals surface area contributed by atoms with Gasteiger partial charge in [-0.2, -0.15) is 0 Å². The fourth-order valence-electron chi connectivity index (χ4n) is 3.78. The number of hydrogen-bond donors (Lipinski definition) is 1. The van der Waals surface area contributed by atoms with Crippen molar-refractivity contribution in [3.05, 3.63) is 48.5 Å². The summed E-state index contributed by atoms with van der Waals surface area (Å²) in [4.78, 5) is 31.7. The maximum atomic E-state index is 12.9. The molecule has 0 radical (unpaired) electrons. The molecule has 4 rings (SSSR count). The van der Waals surface area contributed by atoms with Crippen LogP contribution in [0.25, 0.3) is 11.0 Å². The van der Waals surface area contributed by atoms with Crippen LogP contribution in [0, 0.1) is 5.92 Å². The maximum absolute atomic E-state index is 12.9. The number of carbonyl (C=O) groups excluding carboxylic acids is 2. The van der Waals surface area contributed by atoms with Crippen molar-refractivity contribution in [1.29, 1.82) is 0 Å². The van der Waals surface area contributed by atoms with Crippen molar-refractivity contribution in [2.75, 3.05) is 23.4 Å². The van der Waals surface area contributed by atoms with E-state index in [1.54, 1.807) is 4.90 Å². The fourth-order valence-corrected chi connectivity index (χ4v) is 3.78. The minimum absolute atomic E-state index is 0.0821. The van der Waals surface area contributed by atoms with Gasteiger partial charge in [0.1, 0.15) is 5.75 Å². The number of rotatable bonds is 6. The quantitative estimate of drug-likeness (QED) is 0.697.